The maximum atomic E-state index is 13.4. The maximum Gasteiger partial charge on any atom is 0.123 e. The summed E-state index contributed by atoms with van der Waals surface area (Å²) >= 11 is 6.16. The van der Waals surface area contributed by atoms with Crippen molar-refractivity contribution in [2.45, 2.75) is 45.1 Å². The number of aliphatic hydroxyl groups is 1. The molecule has 0 aliphatic heterocycles. The van der Waals surface area contributed by atoms with Crippen LogP contribution in [0.25, 0.3) is 0 Å². The molecule has 2 atom stereocenters. The number of hydrogen-bond donors (Lipinski definition) is 1. The van der Waals surface area contributed by atoms with E-state index in [9.17, 15) is 9.50 Å². The van der Waals surface area contributed by atoms with Crippen molar-refractivity contribution in [2.75, 3.05) is 0 Å². The maximum absolute atomic E-state index is 13.4. The van der Waals surface area contributed by atoms with Crippen molar-refractivity contribution in [3.63, 3.8) is 0 Å². The fraction of sp³-hybridized carbons (Fsp3) is 0.600. The highest BCUT2D eigenvalue weighted by Crippen LogP contribution is 2.47. The second kappa shape index (κ2) is 5.18. The predicted octanol–water partition coefficient (Wildman–Crippen LogP) is 4.51. The van der Waals surface area contributed by atoms with E-state index in [1.54, 1.807) is 0 Å². The second-order valence-electron chi connectivity index (χ2n) is 5.64. The van der Waals surface area contributed by atoms with Crippen molar-refractivity contribution in [1.29, 1.82) is 0 Å². The van der Waals surface area contributed by atoms with E-state index >= 15 is 0 Å². The summed E-state index contributed by atoms with van der Waals surface area (Å²) in [6.45, 7) is 4.21. The molecule has 100 valence electrons. The van der Waals surface area contributed by atoms with Crippen LogP contribution >= 0.6 is 11.6 Å². The lowest BCUT2D eigenvalue weighted by atomic mass is 9.67. The smallest absolute Gasteiger partial charge is 0.123 e. The van der Waals surface area contributed by atoms with Gasteiger partial charge < -0.3 is 5.11 Å². The molecule has 1 fully saturated rings. The quantitative estimate of drug-likeness (QED) is 0.838. The molecule has 1 aliphatic carbocycles. The van der Waals surface area contributed by atoms with Crippen LogP contribution in [0.15, 0.2) is 18.2 Å². The Morgan fingerprint density at radius 2 is 2.11 bits per heavy atom. The van der Waals surface area contributed by atoms with Crippen LogP contribution in [-0.2, 0) is 5.60 Å². The Bertz CT molecular complexity index is 433. The average molecular weight is 271 g/mol. The van der Waals surface area contributed by atoms with Crippen LogP contribution in [0, 0.1) is 17.7 Å². The van der Waals surface area contributed by atoms with E-state index in [4.69, 9.17) is 11.6 Å². The van der Waals surface area contributed by atoms with Crippen LogP contribution in [-0.4, -0.2) is 5.11 Å². The Kier molecular flexibility index (Phi) is 3.98. The first-order valence-electron chi connectivity index (χ1n) is 6.63. The monoisotopic (exact) mass is 270 g/mol. The fourth-order valence-corrected chi connectivity index (χ4v) is 3.51. The van der Waals surface area contributed by atoms with Gasteiger partial charge in [0, 0.05) is 10.6 Å². The van der Waals surface area contributed by atoms with Gasteiger partial charge in [-0.15, -0.1) is 0 Å². The average Bonchev–Trinajstić information content (AvgIpc) is 2.32. The third kappa shape index (κ3) is 2.41. The van der Waals surface area contributed by atoms with Crippen molar-refractivity contribution in [2.24, 2.45) is 11.8 Å². The number of rotatable bonds is 2. The minimum atomic E-state index is -0.981. The zero-order valence-corrected chi connectivity index (χ0v) is 11.7. The first-order chi connectivity index (χ1) is 8.45. The first-order valence-corrected chi connectivity index (χ1v) is 7.01. The van der Waals surface area contributed by atoms with Crippen molar-refractivity contribution in [3.05, 3.63) is 34.6 Å². The van der Waals surface area contributed by atoms with Crippen LogP contribution < -0.4 is 0 Å². The minimum absolute atomic E-state index is 0.144. The minimum Gasteiger partial charge on any atom is -0.385 e. The summed E-state index contributed by atoms with van der Waals surface area (Å²) in [5.41, 5.74) is -0.423. The molecular formula is C15H20ClFO. The molecule has 0 spiro atoms. The molecule has 0 heterocycles. The van der Waals surface area contributed by atoms with E-state index in [1.807, 2.05) is 0 Å². The van der Waals surface area contributed by atoms with Crippen molar-refractivity contribution in [3.8, 4) is 0 Å². The summed E-state index contributed by atoms with van der Waals surface area (Å²) in [4.78, 5) is 0. The van der Waals surface area contributed by atoms with Crippen LogP contribution in [0.5, 0.6) is 0 Å². The summed E-state index contributed by atoms with van der Waals surface area (Å²) in [5, 5.41) is 11.5. The topological polar surface area (TPSA) is 20.2 Å². The van der Waals surface area contributed by atoms with E-state index in [-0.39, 0.29) is 11.7 Å². The molecule has 18 heavy (non-hydrogen) atoms. The van der Waals surface area contributed by atoms with Crippen LogP contribution in [0.2, 0.25) is 5.02 Å². The van der Waals surface area contributed by atoms with E-state index in [0.717, 1.165) is 19.3 Å². The SMILES string of the molecule is CC(C)C1CCCCC1(O)c1cc(F)ccc1Cl. The summed E-state index contributed by atoms with van der Waals surface area (Å²) in [6, 6.07) is 4.27. The van der Waals surface area contributed by atoms with Gasteiger partial charge in [0.25, 0.3) is 0 Å². The van der Waals surface area contributed by atoms with Crippen molar-refractivity contribution >= 4 is 11.6 Å². The van der Waals surface area contributed by atoms with E-state index in [1.165, 1.54) is 18.2 Å². The third-order valence-corrected chi connectivity index (χ3v) is 4.47. The summed E-state index contributed by atoms with van der Waals surface area (Å²) < 4.78 is 13.4. The zero-order valence-electron chi connectivity index (χ0n) is 10.9. The molecule has 0 amide bonds. The van der Waals surface area contributed by atoms with Crippen molar-refractivity contribution < 1.29 is 9.50 Å². The van der Waals surface area contributed by atoms with E-state index < -0.39 is 5.60 Å². The largest absolute Gasteiger partial charge is 0.385 e. The molecule has 1 aromatic rings. The lowest BCUT2D eigenvalue weighted by Crippen LogP contribution is -2.41. The van der Waals surface area contributed by atoms with Gasteiger partial charge in [-0.3, -0.25) is 0 Å². The molecule has 0 saturated heterocycles. The Hall–Kier alpha value is -0.600. The predicted molar refractivity (Wildman–Crippen MR) is 72.1 cm³/mol. The van der Waals surface area contributed by atoms with Gasteiger partial charge in [0.05, 0.1) is 5.60 Å². The Morgan fingerprint density at radius 1 is 1.39 bits per heavy atom. The van der Waals surface area contributed by atoms with Gasteiger partial charge >= 0.3 is 0 Å². The number of benzene rings is 1. The molecule has 1 N–H and O–H groups in total. The van der Waals surface area contributed by atoms with Gasteiger partial charge in [0.1, 0.15) is 5.82 Å². The molecule has 1 aromatic carbocycles. The second-order valence-corrected chi connectivity index (χ2v) is 6.05. The van der Waals surface area contributed by atoms with Gasteiger partial charge in [-0.05, 0) is 42.9 Å². The normalized spacial score (nSPS) is 28.7. The molecule has 0 radical (unpaired) electrons. The fourth-order valence-electron chi connectivity index (χ4n) is 3.23. The van der Waals surface area contributed by atoms with Crippen LogP contribution in [0.1, 0.15) is 45.1 Å². The molecule has 1 nitrogen and oxygen atoms in total. The number of hydrogen-bond acceptors (Lipinski definition) is 1. The molecule has 2 rings (SSSR count). The zero-order chi connectivity index (χ0) is 13.3. The van der Waals surface area contributed by atoms with Gasteiger partial charge in [0.2, 0.25) is 0 Å². The Morgan fingerprint density at radius 3 is 2.78 bits per heavy atom. The summed E-state index contributed by atoms with van der Waals surface area (Å²) in [6.07, 6.45) is 3.73. The lowest BCUT2D eigenvalue weighted by Gasteiger charge is -2.43. The van der Waals surface area contributed by atoms with Crippen LogP contribution in [0.4, 0.5) is 4.39 Å². The highest BCUT2D eigenvalue weighted by molar-refractivity contribution is 6.31. The molecule has 1 saturated carbocycles. The summed E-state index contributed by atoms with van der Waals surface area (Å²) in [5.74, 6) is 0.163. The Labute approximate surface area is 113 Å². The van der Waals surface area contributed by atoms with Gasteiger partial charge in [-0.1, -0.05) is 38.3 Å². The molecule has 0 aromatic heterocycles. The molecule has 3 heteroatoms. The highest BCUT2D eigenvalue weighted by atomic mass is 35.5. The third-order valence-electron chi connectivity index (χ3n) is 4.14. The number of halogens is 2. The first kappa shape index (κ1) is 13.8. The molecule has 2 unspecified atom stereocenters. The lowest BCUT2D eigenvalue weighted by molar-refractivity contribution is -0.0722. The highest BCUT2D eigenvalue weighted by Gasteiger charge is 2.43. The molecule has 1 aliphatic rings. The van der Waals surface area contributed by atoms with Gasteiger partial charge in [0.15, 0.2) is 0 Å². The molecule has 0 bridgehead atoms. The van der Waals surface area contributed by atoms with Gasteiger partial charge in [-0.25, -0.2) is 4.39 Å². The van der Waals surface area contributed by atoms with Crippen molar-refractivity contribution in [1.82, 2.24) is 0 Å². The Balaban J connectivity index is 2.46. The van der Waals surface area contributed by atoms with Gasteiger partial charge in [-0.2, -0.15) is 0 Å². The van der Waals surface area contributed by atoms with E-state index in [2.05, 4.69) is 13.8 Å². The molecular weight excluding hydrogens is 251 g/mol. The van der Waals surface area contributed by atoms with E-state index in [0.29, 0.717) is 22.9 Å². The summed E-state index contributed by atoms with van der Waals surface area (Å²) in [7, 11) is 0. The standard InChI is InChI=1S/C15H20ClFO/c1-10(2)12-5-3-4-8-15(12,18)13-9-11(17)6-7-14(13)16/h6-7,9-10,12,18H,3-5,8H2,1-2H3. The van der Waals surface area contributed by atoms with Crippen LogP contribution in [0.3, 0.4) is 0 Å².